The minimum Gasteiger partial charge on any atom is -0.496 e. The summed E-state index contributed by atoms with van der Waals surface area (Å²) in [5, 5.41) is 3.18. The Kier molecular flexibility index (Phi) is 8.29. The number of amides is 1. The molecule has 0 saturated carbocycles. The van der Waals surface area contributed by atoms with E-state index < -0.39 is 0 Å². The molecule has 0 spiro atoms. The quantitative estimate of drug-likeness (QED) is 0.324. The third-order valence-corrected chi connectivity index (χ3v) is 3.85. The van der Waals surface area contributed by atoms with Gasteiger partial charge in [0, 0.05) is 12.7 Å². The molecule has 2 aromatic rings. The first kappa shape index (κ1) is 20.3. The molecule has 0 fully saturated rings. The summed E-state index contributed by atoms with van der Waals surface area (Å²) in [5.74, 6) is 6.17. The number of benzene rings is 2. The number of hydrogen-bond acceptors (Lipinski definition) is 5. The van der Waals surface area contributed by atoms with Gasteiger partial charge in [0.1, 0.15) is 18.1 Å². The van der Waals surface area contributed by atoms with Crippen molar-refractivity contribution in [2.75, 3.05) is 19.5 Å². The van der Waals surface area contributed by atoms with Crippen molar-refractivity contribution in [3.05, 3.63) is 52.6 Å². The second kappa shape index (κ2) is 10.2. The maximum absolute atomic E-state index is 8.94. The molecule has 6 heteroatoms. The minimum atomic E-state index is 0.403. The summed E-state index contributed by atoms with van der Waals surface area (Å²) in [5.41, 5.74) is 7.48. The van der Waals surface area contributed by atoms with Crippen LogP contribution < -0.4 is 26.1 Å². The SMILES string of the molecule is CNc1cccc(OC)c1COc1cc(C)c(C)cc1C.NNC=O. The van der Waals surface area contributed by atoms with Crippen molar-refractivity contribution in [2.45, 2.75) is 27.4 Å². The average Bonchev–Trinajstić information content (AvgIpc) is 2.63. The molecule has 0 atom stereocenters. The van der Waals surface area contributed by atoms with Gasteiger partial charge in [-0.2, -0.15) is 0 Å². The largest absolute Gasteiger partial charge is 0.496 e. The Hall–Kier alpha value is -2.73. The lowest BCUT2D eigenvalue weighted by molar-refractivity contribution is -0.109. The summed E-state index contributed by atoms with van der Waals surface area (Å²) in [6, 6.07) is 10.2. The summed E-state index contributed by atoms with van der Waals surface area (Å²) in [4.78, 5) is 8.94. The molecule has 0 radical (unpaired) electrons. The van der Waals surface area contributed by atoms with Crippen molar-refractivity contribution in [1.29, 1.82) is 0 Å². The highest BCUT2D eigenvalue weighted by atomic mass is 16.5. The summed E-state index contributed by atoms with van der Waals surface area (Å²) in [7, 11) is 3.58. The topological polar surface area (TPSA) is 85.6 Å². The van der Waals surface area contributed by atoms with Crippen LogP contribution >= 0.6 is 0 Å². The number of carbonyl (C=O) groups excluding carboxylic acids is 1. The van der Waals surface area contributed by atoms with Crippen molar-refractivity contribution in [1.82, 2.24) is 5.43 Å². The third-order valence-electron chi connectivity index (χ3n) is 3.85. The zero-order valence-electron chi connectivity index (χ0n) is 15.5. The second-order valence-electron chi connectivity index (χ2n) is 5.51. The lowest BCUT2D eigenvalue weighted by Crippen LogP contribution is -2.18. The zero-order chi connectivity index (χ0) is 18.8. The van der Waals surface area contributed by atoms with Gasteiger partial charge in [0.15, 0.2) is 0 Å². The van der Waals surface area contributed by atoms with Gasteiger partial charge in [-0.3, -0.25) is 10.2 Å². The van der Waals surface area contributed by atoms with Gasteiger partial charge in [0.05, 0.1) is 12.7 Å². The monoisotopic (exact) mass is 345 g/mol. The molecule has 2 aromatic carbocycles. The Balaban J connectivity index is 0.000000705. The van der Waals surface area contributed by atoms with Crippen molar-refractivity contribution in [3.63, 3.8) is 0 Å². The van der Waals surface area contributed by atoms with Crippen LogP contribution in [0.4, 0.5) is 5.69 Å². The van der Waals surface area contributed by atoms with E-state index in [1.807, 2.05) is 25.2 Å². The molecule has 0 aliphatic carbocycles. The molecule has 25 heavy (non-hydrogen) atoms. The van der Waals surface area contributed by atoms with E-state index in [1.54, 1.807) is 12.5 Å². The second-order valence-corrected chi connectivity index (χ2v) is 5.51. The van der Waals surface area contributed by atoms with E-state index in [2.05, 4.69) is 44.1 Å². The zero-order valence-corrected chi connectivity index (χ0v) is 15.5. The summed E-state index contributed by atoms with van der Waals surface area (Å²) < 4.78 is 11.5. The Bertz CT molecular complexity index is 680. The number of aryl methyl sites for hydroxylation is 3. The van der Waals surface area contributed by atoms with Gasteiger partial charge in [0.25, 0.3) is 0 Å². The van der Waals surface area contributed by atoms with Gasteiger partial charge in [0.2, 0.25) is 6.41 Å². The lowest BCUT2D eigenvalue weighted by Gasteiger charge is -2.16. The van der Waals surface area contributed by atoms with Crippen LogP contribution in [0.1, 0.15) is 22.3 Å². The highest BCUT2D eigenvalue weighted by Crippen LogP contribution is 2.29. The first-order chi connectivity index (χ1) is 12.0. The number of hydrazine groups is 1. The maximum atomic E-state index is 8.94. The first-order valence-corrected chi connectivity index (χ1v) is 7.92. The van der Waals surface area contributed by atoms with Crippen LogP contribution in [0.15, 0.2) is 30.3 Å². The Morgan fingerprint density at radius 1 is 1.08 bits per heavy atom. The van der Waals surface area contributed by atoms with Gasteiger partial charge in [-0.25, -0.2) is 5.84 Å². The van der Waals surface area contributed by atoms with E-state index in [1.165, 1.54) is 11.1 Å². The molecule has 0 bridgehead atoms. The Morgan fingerprint density at radius 3 is 2.28 bits per heavy atom. The molecular weight excluding hydrogens is 318 g/mol. The van der Waals surface area contributed by atoms with E-state index in [4.69, 9.17) is 14.3 Å². The molecule has 0 aliphatic heterocycles. The van der Waals surface area contributed by atoms with Gasteiger partial charge in [-0.15, -0.1) is 0 Å². The van der Waals surface area contributed by atoms with Gasteiger partial charge in [-0.1, -0.05) is 12.1 Å². The predicted molar refractivity (Wildman–Crippen MR) is 101 cm³/mol. The van der Waals surface area contributed by atoms with Crippen molar-refractivity contribution < 1.29 is 14.3 Å². The molecule has 0 heterocycles. The Labute approximate surface area is 149 Å². The van der Waals surface area contributed by atoms with Crippen LogP contribution in [0, 0.1) is 20.8 Å². The van der Waals surface area contributed by atoms with E-state index >= 15 is 0 Å². The molecule has 2 rings (SSSR count). The fourth-order valence-corrected chi connectivity index (χ4v) is 2.38. The fourth-order valence-electron chi connectivity index (χ4n) is 2.38. The summed E-state index contributed by atoms with van der Waals surface area (Å²) >= 11 is 0. The van der Waals surface area contributed by atoms with Crippen molar-refractivity contribution in [3.8, 4) is 11.5 Å². The number of nitrogens with one attached hydrogen (secondary N) is 2. The lowest BCUT2D eigenvalue weighted by atomic mass is 10.1. The number of hydrogen-bond donors (Lipinski definition) is 3. The van der Waals surface area contributed by atoms with E-state index in [-0.39, 0.29) is 0 Å². The van der Waals surface area contributed by atoms with Crippen LogP contribution in [-0.2, 0) is 11.4 Å². The molecule has 4 N–H and O–H groups in total. The highest BCUT2D eigenvalue weighted by Gasteiger charge is 2.10. The normalized spacial score (nSPS) is 9.52. The van der Waals surface area contributed by atoms with E-state index in [0.717, 1.165) is 28.3 Å². The first-order valence-electron chi connectivity index (χ1n) is 7.92. The van der Waals surface area contributed by atoms with Crippen LogP contribution in [0.5, 0.6) is 11.5 Å². The molecular formula is C19H27N3O3. The number of rotatable bonds is 6. The number of methoxy groups -OCH3 is 1. The Morgan fingerprint density at radius 2 is 1.72 bits per heavy atom. The molecule has 0 unspecified atom stereocenters. The fraction of sp³-hybridized carbons (Fsp3) is 0.316. The number of anilines is 1. The van der Waals surface area contributed by atoms with Crippen LogP contribution in [0.3, 0.4) is 0 Å². The molecule has 0 saturated heterocycles. The van der Waals surface area contributed by atoms with Crippen LogP contribution in [-0.4, -0.2) is 20.6 Å². The number of ether oxygens (including phenoxy) is 2. The molecule has 1 amide bonds. The van der Waals surface area contributed by atoms with Crippen molar-refractivity contribution in [2.24, 2.45) is 5.84 Å². The van der Waals surface area contributed by atoms with E-state index in [9.17, 15) is 0 Å². The predicted octanol–water partition coefficient (Wildman–Crippen LogP) is 2.85. The van der Waals surface area contributed by atoms with E-state index in [0.29, 0.717) is 13.0 Å². The van der Waals surface area contributed by atoms with Gasteiger partial charge >= 0.3 is 0 Å². The van der Waals surface area contributed by atoms with Gasteiger partial charge < -0.3 is 14.8 Å². The molecule has 6 nitrogen and oxygen atoms in total. The van der Waals surface area contributed by atoms with Crippen LogP contribution in [0.2, 0.25) is 0 Å². The maximum Gasteiger partial charge on any atom is 0.221 e. The average molecular weight is 345 g/mol. The third kappa shape index (κ3) is 5.69. The van der Waals surface area contributed by atoms with Crippen LogP contribution in [0.25, 0.3) is 0 Å². The molecule has 0 aromatic heterocycles. The standard InChI is InChI=1S/C18H23NO2.CH4N2O/c1-12-9-14(3)18(10-13(12)2)21-11-15-16(19-4)7-6-8-17(15)20-5;2-3-1-4/h6-10,19H,11H2,1-5H3;1H,2H2,(H,3,4). The highest BCUT2D eigenvalue weighted by molar-refractivity contribution is 5.57. The minimum absolute atomic E-state index is 0.403. The summed E-state index contributed by atoms with van der Waals surface area (Å²) in [6.07, 6.45) is 0.403. The summed E-state index contributed by atoms with van der Waals surface area (Å²) in [6.45, 7) is 6.77. The molecule has 136 valence electrons. The van der Waals surface area contributed by atoms with Crippen molar-refractivity contribution >= 4 is 12.1 Å². The number of carbonyl (C=O) groups is 1. The van der Waals surface area contributed by atoms with Gasteiger partial charge in [-0.05, 0) is 55.7 Å². The molecule has 0 aliphatic rings. The smallest absolute Gasteiger partial charge is 0.221 e. The number of nitrogens with two attached hydrogens (primary N) is 1.